The van der Waals surface area contributed by atoms with Crippen LogP contribution in [0.25, 0.3) is 0 Å². The van der Waals surface area contributed by atoms with E-state index < -0.39 is 11.8 Å². The van der Waals surface area contributed by atoms with Crippen LogP contribution in [0, 0.1) is 11.8 Å². The van der Waals surface area contributed by atoms with Crippen LogP contribution in [-0.4, -0.2) is 36.2 Å². The zero-order valence-electron chi connectivity index (χ0n) is 10.5. The van der Waals surface area contributed by atoms with Crippen LogP contribution >= 0.6 is 23.2 Å². The minimum Gasteiger partial charge on any atom is -0.368 e. The van der Waals surface area contributed by atoms with Crippen molar-refractivity contribution in [1.29, 1.82) is 0 Å². The summed E-state index contributed by atoms with van der Waals surface area (Å²) in [6.45, 7) is 0. The van der Waals surface area contributed by atoms with Gasteiger partial charge in [0.25, 0.3) is 0 Å². The molecule has 0 aliphatic carbocycles. The quantitative estimate of drug-likeness (QED) is 0.582. The summed E-state index contributed by atoms with van der Waals surface area (Å²) in [5.74, 6) is -1.37. The van der Waals surface area contributed by atoms with Crippen LogP contribution in [0.5, 0.6) is 0 Å². The van der Waals surface area contributed by atoms with Gasteiger partial charge in [-0.25, -0.2) is 4.90 Å². The van der Waals surface area contributed by atoms with Crippen LogP contribution in [-0.2, 0) is 19.1 Å². The molecule has 0 radical (unpaired) electrons. The number of fused-ring (bicyclic) bond motifs is 8. The van der Waals surface area contributed by atoms with Gasteiger partial charge < -0.3 is 9.47 Å². The topological polar surface area (TPSA) is 59.1 Å². The number of carbonyl (C=O) groups excluding carboxylic acids is 2. The van der Waals surface area contributed by atoms with Crippen LogP contribution in [0.1, 0.15) is 0 Å². The number of nitrogens with zero attached hydrogens (tertiary/aromatic N) is 1. The Kier molecular flexibility index (Phi) is 2.24. The fourth-order valence-electron chi connectivity index (χ4n) is 3.91. The maximum atomic E-state index is 12.7. The number of rotatable bonds is 1. The lowest BCUT2D eigenvalue weighted by molar-refractivity contribution is -0.126. The van der Waals surface area contributed by atoms with Crippen LogP contribution < -0.4 is 4.90 Å². The predicted octanol–water partition coefficient (Wildman–Crippen LogP) is 1.65. The van der Waals surface area contributed by atoms with Crippen molar-refractivity contribution in [2.45, 2.75) is 24.4 Å². The number of benzene rings is 1. The molecule has 2 bridgehead atoms. The second-order valence-electron chi connectivity index (χ2n) is 5.82. The number of epoxide rings is 1. The molecule has 21 heavy (non-hydrogen) atoms. The molecule has 4 aliphatic rings. The minimum atomic E-state index is -0.441. The number of imide groups is 1. The molecule has 4 fully saturated rings. The second-order valence-corrected chi connectivity index (χ2v) is 6.69. The molecule has 4 heterocycles. The van der Waals surface area contributed by atoms with Gasteiger partial charge in [0.05, 0.1) is 29.7 Å². The summed E-state index contributed by atoms with van der Waals surface area (Å²) < 4.78 is 11.2. The van der Waals surface area contributed by atoms with Crippen LogP contribution in [0.15, 0.2) is 18.2 Å². The van der Waals surface area contributed by atoms with E-state index in [-0.39, 0.29) is 36.2 Å². The highest BCUT2D eigenvalue weighted by molar-refractivity contribution is 6.35. The van der Waals surface area contributed by atoms with Crippen molar-refractivity contribution >= 4 is 40.7 Å². The van der Waals surface area contributed by atoms with Gasteiger partial charge in [-0.2, -0.15) is 0 Å². The monoisotopic (exact) mass is 325 g/mol. The van der Waals surface area contributed by atoms with Gasteiger partial charge in [0.15, 0.2) is 0 Å². The van der Waals surface area contributed by atoms with Gasteiger partial charge in [-0.1, -0.05) is 23.2 Å². The van der Waals surface area contributed by atoms with Gasteiger partial charge in [-0.3, -0.25) is 9.59 Å². The largest absolute Gasteiger partial charge is 0.368 e. The molecule has 0 spiro atoms. The Balaban J connectivity index is 1.58. The van der Waals surface area contributed by atoms with Gasteiger partial charge in [-0.15, -0.1) is 0 Å². The molecule has 0 N–H and O–H groups in total. The van der Waals surface area contributed by atoms with Crippen molar-refractivity contribution in [2.24, 2.45) is 11.8 Å². The first-order chi connectivity index (χ1) is 10.1. The first-order valence-electron chi connectivity index (χ1n) is 6.71. The van der Waals surface area contributed by atoms with E-state index >= 15 is 0 Å². The van der Waals surface area contributed by atoms with E-state index in [0.717, 1.165) is 0 Å². The molecule has 6 atom stereocenters. The average Bonchev–Trinajstić information content (AvgIpc) is 2.92. The SMILES string of the molecule is O=C1[C@@H]2[C@@H]3O[C@@H](C4O[C@H]43)[C@@H]2C(=O)N1c1cc(Cl)cc(Cl)c1. The third-order valence-electron chi connectivity index (χ3n) is 4.73. The third kappa shape index (κ3) is 1.45. The highest BCUT2D eigenvalue weighted by atomic mass is 35.5. The Morgan fingerprint density at radius 2 is 1.29 bits per heavy atom. The number of hydrogen-bond acceptors (Lipinski definition) is 4. The van der Waals surface area contributed by atoms with E-state index in [1.807, 2.05) is 0 Å². The molecular formula is C14H9Cl2NO4. The lowest BCUT2D eigenvalue weighted by atomic mass is 9.81. The van der Waals surface area contributed by atoms with Crippen molar-refractivity contribution in [3.63, 3.8) is 0 Å². The molecular weight excluding hydrogens is 317 g/mol. The summed E-state index contributed by atoms with van der Waals surface area (Å²) in [5, 5.41) is 0.779. The highest BCUT2D eigenvalue weighted by Crippen LogP contribution is 2.57. The Bertz CT molecular complexity index is 656. The Morgan fingerprint density at radius 3 is 1.81 bits per heavy atom. The molecule has 0 saturated carbocycles. The van der Waals surface area contributed by atoms with Crippen molar-refractivity contribution in [3.8, 4) is 0 Å². The minimum absolute atomic E-state index is 0.0177. The summed E-state index contributed by atoms with van der Waals surface area (Å²) in [7, 11) is 0. The van der Waals surface area contributed by atoms with E-state index in [2.05, 4.69) is 0 Å². The second kappa shape index (κ2) is 3.79. The summed E-state index contributed by atoms with van der Waals surface area (Å²) >= 11 is 11.9. The molecule has 4 saturated heterocycles. The third-order valence-corrected chi connectivity index (χ3v) is 5.17. The summed E-state index contributed by atoms with van der Waals surface area (Å²) in [6.07, 6.45) is -0.617. The maximum absolute atomic E-state index is 12.7. The van der Waals surface area contributed by atoms with Crippen molar-refractivity contribution < 1.29 is 19.1 Å². The first-order valence-corrected chi connectivity index (χ1v) is 7.47. The van der Waals surface area contributed by atoms with Crippen LogP contribution in [0.4, 0.5) is 5.69 Å². The van der Waals surface area contributed by atoms with Crippen LogP contribution in [0.3, 0.4) is 0 Å². The van der Waals surface area contributed by atoms with Gasteiger partial charge in [0.1, 0.15) is 12.2 Å². The molecule has 5 rings (SSSR count). The van der Waals surface area contributed by atoms with E-state index in [1.165, 1.54) is 4.90 Å². The molecule has 5 nitrogen and oxygen atoms in total. The van der Waals surface area contributed by atoms with E-state index in [1.54, 1.807) is 18.2 Å². The summed E-state index contributed by atoms with van der Waals surface area (Å²) in [5.41, 5.74) is 0.422. The van der Waals surface area contributed by atoms with Gasteiger partial charge in [0, 0.05) is 10.0 Å². The smallest absolute Gasteiger partial charge is 0.240 e. The number of anilines is 1. The van der Waals surface area contributed by atoms with Gasteiger partial charge >= 0.3 is 0 Å². The maximum Gasteiger partial charge on any atom is 0.240 e. The predicted molar refractivity (Wildman–Crippen MR) is 73.3 cm³/mol. The average molecular weight is 326 g/mol. The van der Waals surface area contributed by atoms with E-state index in [0.29, 0.717) is 15.7 Å². The van der Waals surface area contributed by atoms with Gasteiger partial charge in [-0.05, 0) is 18.2 Å². The molecule has 7 heteroatoms. The van der Waals surface area contributed by atoms with Gasteiger partial charge in [0.2, 0.25) is 11.8 Å². The number of ether oxygens (including phenoxy) is 2. The zero-order valence-corrected chi connectivity index (χ0v) is 12.0. The number of hydrogen-bond donors (Lipinski definition) is 0. The van der Waals surface area contributed by atoms with Crippen molar-refractivity contribution in [1.82, 2.24) is 0 Å². The fourth-order valence-corrected chi connectivity index (χ4v) is 4.42. The fraction of sp³-hybridized carbons (Fsp3) is 0.429. The molecule has 1 aromatic carbocycles. The summed E-state index contributed by atoms with van der Waals surface area (Å²) in [4.78, 5) is 26.5. The first kappa shape index (κ1) is 12.4. The van der Waals surface area contributed by atoms with Crippen molar-refractivity contribution in [3.05, 3.63) is 28.2 Å². The van der Waals surface area contributed by atoms with Crippen LogP contribution in [0.2, 0.25) is 10.0 Å². The number of carbonyl (C=O) groups is 2. The van der Waals surface area contributed by atoms with E-state index in [9.17, 15) is 9.59 Å². The van der Waals surface area contributed by atoms with Crippen molar-refractivity contribution in [2.75, 3.05) is 4.90 Å². The molecule has 1 unspecified atom stereocenters. The Labute approximate surface area is 129 Å². The normalized spacial score (nSPS) is 42.5. The molecule has 108 valence electrons. The lowest BCUT2D eigenvalue weighted by Crippen LogP contribution is -2.35. The molecule has 2 amide bonds. The molecule has 4 aliphatic heterocycles. The molecule has 1 aromatic rings. The standard InChI is InChI=1S/C14H9Cl2NO4/c15-4-1-5(16)3-6(2-4)17-13(18)7-8(14(17)19)10-12-11(21-12)9(7)20-10/h1-3,7-12H/t7-,8+,9-,10+,11-,12?/m0/s1. The Hall–Kier alpha value is -1.14. The number of halogens is 2. The van der Waals surface area contributed by atoms with E-state index in [4.69, 9.17) is 32.7 Å². The Morgan fingerprint density at radius 1 is 0.810 bits per heavy atom. The number of amides is 2. The highest BCUT2D eigenvalue weighted by Gasteiger charge is 2.75. The lowest BCUT2D eigenvalue weighted by Gasteiger charge is -2.18. The summed E-state index contributed by atoms with van der Waals surface area (Å²) in [6, 6.07) is 4.71. The zero-order chi connectivity index (χ0) is 14.5. The molecule has 0 aromatic heterocycles.